The molecule has 6 nitrogen and oxygen atoms in total. The predicted octanol–water partition coefficient (Wildman–Crippen LogP) is 2.77. The van der Waals surface area contributed by atoms with Crippen molar-refractivity contribution in [2.75, 3.05) is 31.3 Å². The molecule has 140 valence electrons. The lowest BCUT2D eigenvalue weighted by molar-refractivity contribution is -0.128. The molecule has 0 spiro atoms. The molecule has 8 heteroatoms. The number of likely N-dealkylation sites (N-methyl/N-ethyl adjacent to an activating group) is 1. The van der Waals surface area contributed by atoms with Crippen molar-refractivity contribution in [2.45, 2.75) is 6.54 Å². The molecule has 0 radical (unpaired) electrons. The minimum Gasteiger partial charge on any atom is -0.495 e. The van der Waals surface area contributed by atoms with Crippen molar-refractivity contribution < 1.29 is 17.9 Å². The molecule has 0 N–H and O–H groups in total. The van der Waals surface area contributed by atoms with Gasteiger partial charge < -0.3 is 9.64 Å². The molecular weight excluding hydrogens is 376 g/mol. The van der Waals surface area contributed by atoms with Crippen LogP contribution in [0.4, 0.5) is 5.69 Å². The normalized spacial score (nSPS) is 11.1. The monoisotopic (exact) mass is 396 g/mol. The summed E-state index contributed by atoms with van der Waals surface area (Å²) in [6.45, 7) is 0.0749. The summed E-state index contributed by atoms with van der Waals surface area (Å²) in [5.41, 5.74) is 1.27. The van der Waals surface area contributed by atoms with Crippen LogP contribution in [0.15, 0.2) is 48.5 Å². The number of halogens is 1. The van der Waals surface area contributed by atoms with Gasteiger partial charge in [0.25, 0.3) is 0 Å². The van der Waals surface area contributed by atoms with Gasteiger partial charge in [0.15, 0.2) is 0 Å². The van der Waals surface area contributed by atoms with Gasteiger partial charge in [-0.15, -0.1) is 0 Å². The molecule has 0 saturated heterocycles. The van der Waals surface area contributed by atoms with Crippen molar-refractivity contribution in [3.8, 4) is 5.75 Å². The van der Waals surface area contributed by atoms with Crippen LogP contribution in [-0.2, 0) is 21.4 Å². The first-order valence-electron chi connectivity index (χ1n) is 7.81. The van der Waals surface area contributed by atoms with Gasteiger partial charge in [-0.3, -0.25) is 9.10 Å². The highest BCUT2D eigenvalue weighted by Crippen LogP contribution is 2.30. The second-order valence-corrected chi connectivity index (χ2v) is 8.14. The lowest BCUT2D eigenvalue weighted by Crippen LogP contribution is -2.41. The number of hydrogen-bond donors (Lipinski definition) is 0. The molecule has 2 aromatic carbocycles. The summed E-state index contributed by atoms with van der Waals surface area (Å²) in [5.74, 6) is 0.0996. The van der Waals surface area contributed by atoms with E-state index in [0.717, 1.165) is 16.1 Å². The Labute approximate surface area is 159 Å². The maximum atomic E-state index is 12.5. The van der Waals surface area contributed by atoms with Crippen molar-refractivity contribution >= 4 is 33.2 Å². The molecular formula is C18H21ClN2O4S. The van der Waals surface area contributed by atoms with E-state index < -0.39 is 10.0 Å². The van der Waals surface area contributed by atoms with Gasteiger partial charge >= 0.3 is 0 Å². The Morgan fingerprint density at radius 2 is 1.81 bits per heavy atom. The van der Waals surface area contributed by atoms with Crippen LogP contribution >= 0.6 is 11.6 Å². The summed E-state index contributed by atoms with van der Waals surface area (Å²) < 4.78 is 30.5. The third-order valence-electron chi connectivity index (χ3n) is 3.79. The number of carbonyl (C=O) groups excluding carboxylic acids is 1. The Bertz CT molecular complexity index is 872. The van der Waals surface area contributed by atoms with Gasteiger partial charge in [-0.05, 0) is 23.8 Å². The topological polar surface area (TPSA) is 66.9 Å². The van der Waals surface area contributed by atoms with Gasteiger partial charge in [0, 0.05) is 13.6 Å². The molecule has 0 bridgehead atoms. The van der Waals surface area contributed by atoms with Gasteiger partial charge in [0.05, 0.1) is 24.1 Å². The highest BCUT2D eigenvalue weighted by atomic mass is 35.5. The number of ether oxygens (including phenoxy) is 1. The fraction of sp³-hybridized carbons (Fsp3) is 0.278. The number of methoxy groups -OCH3 is 1. The number of hydrogen-bond acceptors (Lipinski definition) is 4. The molecule has 2 aromatic rings. The lowest BCUT2D eigenvalue weighted by Gasteiger charge is -2.25. The summed E-state index contributed by atoms with van der Waals surface area (Å²) in [6.07, 6.45) is 1.05. The Balaban J connectivity index is 2.20. The summed E-state index contributed by atoms with van der Waals surface area (Å²) >= 11 is 6.09. The molecule has 0 atom stereocenters. The van der Waals surface area contributed by atoms with Gasteiger partial charge in [-0.25, -0.2) is 8.42 Å². The predicted molar refractivity (Wildman–Crippen MR) is 103 cm³/mol. The van der Waals surface area contributed by atoms with Crippen molar-refractivity contribution in [3.05, 3.63) is 59.1 Å². The second-order valence-electron chi connectivity index (χ2n) is 5.82. The zero-order valence-corrected chi connectivity index (χ0v) is 16.4. The minimum absolute atomic E-state index is 0.267. The first-order valence-corrected chi connectivity index (χ1v) is 10.0. The van der Waals surface area contributed by atoms with E-state index in [1.54, 1.807) is 19.2 Å². The average Bonchev–Trinajstić information content (AvgIpc) is 2.59. The molecule has 2 rings (SSSR count). The van der Waals surface area contributed by atoms with E-state index in [1.165, 1.54) is 18.1 Å². The van der Waals surface area contributed by atoms with Gasteiger partial charge in [0.2, 0.25) is 15.9 Å². The van der Waals surface area contributed by atoms with Crippen LogP contribution in [0.3, 0.4) is 0 Å². The first kappa shape index (κ1) is 20.1. The van der Waals surface area contributed by atoms with E-state index in [2.05, 4.69) is 0 Å². The van der Waals surface area contributed by atoms with E-state index in [1.807, 2.05) is 30.3 Å². The summed E-state index contributed by atoms with van der Waals surface area (Å²) in [4.78, 5) is 14.0. The lowest BCUT2D eigenvalue weighted by atomic mass is 10.2. The Hall–Kier alpha value is -2.25. The smallest absolute Gasteiger partial charge is 0.243 e. The van der Waals surface area contributed by atoms with E-state index in [0.29, 0.717) is 18.0 Å². The number of anilines is 1. The van der Waals surface area contributed by atoms with Crippen LogP contribution in [0.5, 0.6) is 5.75 Å². The molecule has 0 aliphatic heterocycles. The van der Waals surface area contributed by atoms with Crippen molar-refractivity contribution in [3.63, 3.8) is 0 Å². The highest BCUT2D eigenvalue weighted by molar-refractivity contribution is 7.92. The molecule has 0 heterocycles. The quantitative estimate of drug-likeness (QED) is 0.721. The molecule has 26 heavy (non-hydrogen) atoms. The molecule has 0 aliphatic carbocycles. The molecule has 0 aromatic heterocycles. The zero-order chi connectivity index (χ0) is 19.3. The summed E-state index contributed by atoms with van der Waals surface area (Å²) in [5, 5.41) is 0.267. The van der Waals surface area contributed by atoms with Crippen LogP contribution in [0.25, 0.3) is 0 Å². The number of sulfonamides is 1. The van der Waals surface area contributed by atoms with E-state index >= 15 is 0 Å². The number of carbonyl (C=O) groups is 1. The Kier molecular flexibility index (Phi) is 6.50. The van der Waals surface area contributed by atoms with Crippen LogP contribution in [0.2, 0.25) is 5.02 Å². The average molecular weight is 397 g/mol. The summed E-state index contributed by atoms with van der Waals surface area (Å²) in [6, 6.07) is 14.1. The molecule has 0 saturated carbocycles. The molecule has 0 fully saturated rings. The maximum absolute atomic E-state index is 12.5. The van der Waals surface area contributed by atoms with Crippen molar-refractivity contribution in [1.82, 2.24) is 4.90 Å². The van der Waals surface area contributed by atoms with Crippen LogP contribution < -0.4 is 9.04 Å². The van der Waals surface area contributed by atoms with Crippen LogP contribution in [-0.4, -0.2) is 46.2 Å². The van der Waals surface area contributed by atoms with E-state index in [-0.39, 0.29) is 17.5 Å². The number of rotatable bonds is 7. The SMILES string of the molecule is COc1ccc(N(CC(=O)N(C)Cc2ccccc2)S(C)(=O)=O)cc1Cl. The summed E-state index contributed by atoms with van der Waals surface area (Å²) in [7, 11) is -0.564. The number of nitrogens with zero attached hydrogens (tertiary/aromatic N) is 2. The second kappa shape index (κ2) is 8.42. The van der Waals surface area contributed by atoms with Crippen molar-refractivity contribution in [1.29, 1.82) is 0 Å². The number of amides is 1. The minimum atomic E-state index is -3.67. The highest BCUT2D eigenvalue weighted by Gasteiger charge is 2.23. The van der Waals surface area contributed by atoms with E-state index in [9.17, 15) is 13.2 Å². The first-order chi connectivity index (χ1) is 12.2. The van der Waals surface area contributed by atoms with Crippen molar-refractivity contribution in [2.24, 2.45) is 0 Å². The largest absolute Gasteiger partial charge is 0.495 e. The van der Waals surface area contributed by atoms with Gasteiger partial charge in [0.1, 0.15) is 12.3 Å². The van der Waals surface area contributed by atoms with Gasteiger partial charge in [-0.2, -0.15) is 0 Å². The van der Waals surface area contributed by atoms with E-state index in [4.69, 9.17) is 16.3 Å². The third-order valence-corrected chi connectivity index (χ3v) is 5.23. The van der Waals surface area contributed by atoms with Gasteiger partial charge in [-0.1, -0.05) is 41.9 Å². The fourth-order valence-corrected chi connectivity index (χ4v) is 3.49. The number of benzene rings is 2. The molecule has 1 amide bonds. The molecule has 0 unspecified atom stereocenters. The zero-order valence-electron chi connectivity index (χ0n) is 14.8. The fourth-order valence-electron chi connectivity index (χ4n) is 2.40. The Morgan fingerprint density at radius 1 is 1.15 bits per heavy atom. The Morgan fingerprint density at radius 3 is 2.35 bits per heavy atom. The third kappa shape index (κ3) is 5.12. The van der Waals surface area contributed by atoms with Crippen LogP contribution in [0.1, 0.15) is 5.56 Å². The maximum Gasteiger partial charge on any atom is 0.243 e. The standard InChI is InChI=1S/C18H21ClN2O4S/c1-20(12-14-7-5-4-6-8-14)18(22)13-21(26(3,23)24)15-9-10-17(25-2)16(19)11-15/h4-11H,12-13H2,1-3H3. The molecule has 0 aliphatic rings. The van der Waals surface area contributed by atoms with Crippen LogP contribution in [0, 0.1) is 0 Å².